The molecule has 26 heavy (non-hydrogen) atoms. The molecule has 1 saturated heterocycles. The van der Waals surface area contributed by atoms with Crippen LogP contribution in [0, 0.1) is 0 Å². The lowest BCUT2D eigenvalue weighted by Crippen LogP contribution is -2.49. The normalized spacial score (nSPS) is 15.2. The first kappa shape index (κ1) is 16.5. The van der Waals surface area contributed by atoms with Gasteiger partial charge in [0, 0.05) is 50.5 Å². The second-order valence-corrected chi connectivity index (χ2v) is 6.44. The molecule has 1 fully saturated rings. The van der Waals surface area contributed by atoms with Gasteiger partial charge < -0.3 is 4.90 Å². The van der Waals surface area contributed by atoms with Gasteiger partial charge in [-0.25, -0.2) is 9.78 Å². The van der Waals surface area contributed by atoms with Gasteiger partial charge in [-0.2, -0.15) is 0 Å². The molecule has 0 radical (unpaired) electrons. The van der Waals surface area contributed by atoms with Gasteiger partial charge >= 0.3 is 6.03 Å². The number of carbonyl (C=O) groups is 1. The van der Waals surface area contributed by atoms with Crippen LogP contribution in [0.1, 0.15) is 5.56 Å². The Hall–Kier alpha value is -2.99. The van der Waals surface area contributed by atoms with Crippen LogP contribution in [-0.4, -0.2) is 52.0 Å². The van der Waals surface area contributed by atoms with Crippen molar-refractivity contribution in [3.63, 3.8) is 0 Å². The molecule has 6 heteroatoms. The van der Waals surface area contributed by atoms with E-state index in [1.807, 2.05) is 41.4 Å². The van der Waals surface area contributed by atoms with Gasteiger partial charge in [-0.1, -0.05) is 24.3 Å². The molecule has 1 aliphatic heterocycles. The molecular formula is C20H21N5O. The summed E-state index contributed by atoms with van der Waals surface area (Å²) in [5.74, 6) is 0.585. The molecule has 2 amide bonds. The SMILES string of the molecule is O=C(Nc1ccccn1)N1CCN(Cc2cnc3ccccc3c2)CC1. The van der Waals surface area contributed by atoms with Crippen molar-refractivity contribution in [3.8, 4) is 0 Å². The Morgan fingerprint density at radius 1 is 1.00 bits per heavy atom. The minimum absolute atomic E-state index is 0.0873. The quantitative estimate of drug-likeness (QED) is 0.791. The maximum Gasteiger partial charge on any atom is 0.323 e. The first-order chi connectivity index (χ1) is 12.8. The number of hydrogen-bond acceptors (Lipinski definition) is 4. The fraction of sp³-hybridized carbons (Fsp3) is 0.250. The topological polar surface area (TPSA) is 61.4 Å². The van der Waals surface area contributed by atoms with E-state index in [4.69, 9.17) is 0 Å². The molecule has 3 aromatic rings. The molecular weight excluding hydrogens is 326 g/mol. The average Bonchev–Trinajstić information content (AvgIpc) is 2.69. The van der Waals surface area contributed by atoms with Crippen molar-refractivity contribution in [3.05, 3.63) is 66.5 Å². The summed E-state index contributed by atoms with van der Waals surface area (Å²) in [6, 6.07) is 15.7. The molecule has 1 aliphatic rings. The number of piperazine rings is 1. The summed E-state index contributed by atoms with van der Waals surface area (Å²) in [5.41, 5.74) is 2.22. The van der Waals surface area contributed by atoms with Crippen molar-refractivity contribution in [2.24, 2.45) is 0 Å². The number of pyridine rings is 2. The highest BCUT2D eigenvalue weighted by Gasteiger charge is 2.21. The molecule has 2 aromatic heterocycles. The van der Waals surface area contributed by atoms with Crippen LogP contribution in [0.15, 0.2) is 60.9 Å². The number of fused-ring (bicyclic) bond motifs is 1. The molecule has 0 aliphatic carbocycles. The molecule has 0 bridgehead atoms. The summed E-state index contributed by atoms with van der Waals surface area (Å²) >= 11 is 0. The van der Waals surface area contributed by atoms with Crippen molar-refractivity contribution < 1.29 is 4.79 Å². The van der Waals surface area contributed by atoms with Crippen LogP contribution >= 0.6 is 0 Å². The number of nitrogens with zero attached hydrogens (tertiary/aromatic N) is 4. The van der Waals surface area contributed by atoms with Gasteiger partial charge in [0.05, 0.1) is 5.52 Å². The molecule has 4 rings (SSSR count). The Morgan fingerprint density at radius 3 is 2.62 bits per heavy atom. The number of para-hydroxylation sites is 1. The number of urea groups is 1. The van der Waals surface area contributed by atoms with Gasteiger partial charge in [0.1, 0.15) is 5.82 Å². The molecule has 0 saturated carbocycles. The predicted molar refractivity (Wildman–Crippen MR) is 102 cm³/mol. The van der Waals surface area contributed by atoms with E-state index in [0.29, 0.717) is 18.9 Å². The minimum atomic E-state index is -0.0873. The van der Waals surface area contributed by atoms with E-state index in [0.717, 1.165) is 25.2 Å². The summed E-state index contributed by atoms with van der Waals surface area (Å²) < 4.78 is 0. The molecule has 0 unspecified atom stereocenters. The van der Waals surface area contributed by atoms with Gasteiger partial charge in [0.15, 0.2) is 0 Å². The molecule has 0 atom stereocenters. The highest BCUT2D eigenvalue weighted by atomic mass is 16.2. The van der Waals surface area contributed by atoms with Crippen LogP contribution in [0.5, 0.6) is 0 Å². The van der Waals surface area contributed by atoms with Crippen LogP contribution in [0.25, 0.3) is 10.9 Å². The fourth-order valence-electron chi connectivity index (χ4n) is 3.20. The van der Waals surface area contributed by atoms with Gasteiger partial charge in [-0.05, 0) is 29.8 Å². The number of benzene rings is 1. The smallest absolute Gasteiger partial charge is 0.322 e. The third-order valence-corrected chi connectivity index (χ3v) is 4.61. The molecule has 1 N–H and O–H groups in total. The number of aromatic nitrogens is 2. The van der Waals surface area contributed by atoms with E-state index in [9.17, 15) is 4.79 Å². The second-order valence-electron chi connectivity index (χ2n) is 6.44. The van der Waals surface area contributed by atoms with Gasteiger partial charge in [0.2, 0.25) is 0 Å². The van der Waals surface area contributed by atoms with E-state index in [-0.39, 0.29) is 6.03 Å². The zero-order chi connectivity index (χ0) is 17.8. The average molecular weight is 347 g/mol. The van der Waals surface area contributed by atoms with E-state index in [1.54, 1.807) is 12.3 Å². The van der Waals surface area contributed by atoms with Crippen LogP contribution in [-0.2, 0) is 6.54 Å². The largest absolute Gasteiger partial charge is 0.323 e. The maximum absolute atomic E-state index is 12.3. The second kappa shape index (κ2) is 7.49. The number of anilines is 1. The summed E-state index contributed by atoms with van der Waals surface area (Å²) in [5, 5.41) is 4.01. The molecule has 0 spiro atoms. The Bertz CT molecular complexity index is 891. The molecule has 132 valence electrons. The lowest BCUT2D eigenvalue weighted by molar-refractivity contribution is 0.143. The maximum atomic E-state index is 12.3. The summed E-state index contributed by atoms with van der Waals surface area (Å²) in [6.07, 6.45) is 3.62. The monoisotopic (exact) mass is 347 g/mol. The third-order valence-electron chi connectivity index (χ3n) is 4.61. The lowest BCUT2D eigenvalue weighted by Gasteiger charge is -2.34. The van der Waals surface area contributed by atoms with Crippen molar-refractivity contribution in [2.45, 2.75) is 6.54 Å². The number of rotatable bonds is 3. The summed E-state index contributed by atoms with van der Waals surface area (Å²) in [7, 11) is 0. The van der Waals surface area contributed by atoms with Crippen molar-refractivity contribution >= 4 is 22.8 Å². The van der Waals surface area contributed by atoms with Crippen molar-refractivity contribution in [1.82, 2.24) is 19.8 Å². The van der Waals surface area contributed by atoms with Gasteiger partial charge in [-0.3, -0.25) is 15.2 Å². The number of carbonyl (C=O) groups excluding carboxylic acids is 1. The highest BCUT2D eigenvalue weighted by molar-refractivity contribution is 5.88. The number of hydrogen-bond donors (Lipinski definition) is 1. The van der Waals surface area contributed by atoms with Crippen LogP contribution in [0.3, 0.4) is 0 Å². The molecule has 6 nitrogen and oxygen atoms in total. The Kier molecular flexibility index (Phi) is 4.75. The highest BCUT2D eigenvalue weighted by Crippen LogP contribution is 2.15. The molecule has 3 heterocycles. The van der Waals surface area contributed by atoms with E-state index < -0.39 is 0 Å². The standard InChI is InChI=1S/C20H21N5O/c26-20(23-19-7-3-4-8-21-19)25-11-9-24(10-12-25)15-16-13-17-5-1-2-6-18(17)22-14-16/h1-8,13-14H,9-12,15H2,(H,21,23,26). The first-order valence-electron chi connectivity index (χ1n) is 8.81. The number of nitrogens with one attached hydrogen (secondary N) is 1. The van der Waals surface area contributed by atoms with Crippen molar-refractivity contribution in [1.29, 1.82) is 0 Å². The fourth-order valence-corrected chi connectivity index (χ4v) is 3.20. The summed E-state index contributed by atoms with van der Waals surface area (Å²) in [6.45, 7) is 3.97. The Balaban J connectivity index is 1.32. The summed E-state index contributed by atoms with van der Waals surface area (Å²) in [4.78, 5) is 25.2. The van der Waals surface area contributed by atoms with Crippen LogP contribution < -0.4 is 5.32 Å². The predicted octanol–water partition coefficient (Wildman–Crippen LogP) is 2.98. The Morgan fingerprint density at radius 2 is 1.81 bits per heavy atom. The first-order valence-corrected chi connectivity index (χ1v) is 8.81. The van der Waals surface area contributed by atoms with Gasteiger partial charge in [0.25, 0.3) is 0 Å². The minimum Gasteiger partial charge on any atom is -0.322 e. The zero-order valence-corrected chi connectivity index (χ0v) is 14.5. The van der Waals surface area contributed by atoms with Gasteiger partial charge in [-0.15, -0.1) is 0 Å². The molecule has 1 aromatic carbocycles. The number of amides is 2. The van der Waals surface area contributed by atoms with Crippen LogP contribution in [0.2, 0.25) is 0 Å². The third kappa shape index (κ3) is 3.81. The zero-order valence-electron chi connectivity index (χ0n) is 14.5. The van der Waals surface area contributed by atoms with Crippen molar-refractivity contribution in [2.75, 3.05) is 31.5 Å². The van der Waals surface area contributed by atoms with E-state index >= 15 is 0 Å². The van der Waals surface area contributed by atoms with E-state index in [2.05, 4.69) is 32.3 Å². The Labute approximate surface area is 152 Å². The van der Waals surface area contributed by atoms with E-state index in [1.165, 1.54) is 10.9 Å². The lowest BCUT2D eigenvalue weighted by atomic mass is 10.1. The van der Waals surface area contributed by atoms with Crippen LogP contribution in [0.4, 0.5) is 10.6 Å².